The molecule has 0 aliphatic carbocycles. The van der Waals surface area contributed by atoms with Crippen molar-refractivity contribution in [2.75, 3.05) is 6.26 Å². The fourth-order valence-corrected chi connectivity index (χ4v) is 4.20. The highest BCUT2D eigenvalue weighted by molar-refractivity contribution is 7.98. The van der Waals surface area contributed by atoms with Crippen LogP contribution in [0.25, 0.3) is 5.57 Å². The molecule has 4 rings (SSSR count). The van der Waals surface area contributed by atoms with Crippen LogP contribution in [0.5, 0.6) is 0 Å². The minimum absolute atomic E-state index is 0.283. The van der Waals surface area contributed by atoms with Gasteiger partial charge in [-0.2, -0.15) is 0 Å². The smallest absolute Gasteiger partial charge is 0.290 e. The number of hydrogen-bond donors (Lipinski definition) is 1. The third-order valence-corrected chi connectivity index (χ3v) is 6.09. The molecule has 1 aliphatic rings. The molecule has 30 heavy (non-hydrogen) atoms. The van der Waals surface area contributed by atoms with Crippen LogP contribution in [-0.4, -0.2) is 22.2 Å². The van der Waals surface area contributed by atoms with Crippen LogP contribution in [0.3, 0.4) is 0 Å². The maximum Gasteiger partial charge on any atom is 0.290 e. The number of thioether (sulfide) groups is 1. The summed E-state index contributed by atoms with van der Waals surface area (Å²) in [5, 5.41) is 10.8. The van der Waals surface area contributed by atoms with Crippen LogP contribution in [0.4, 0.5) is 4.39 Å². The van der Waals surface area contributed by atoms with Gasteiger partial charge in [0.1, 0.15) is 5.82 Å². The molecule has 0 spiro atoms. The summed E-state index contributed by atoms with van der Waals surface area (Å²) in [6, 6.07) is 21.3. The molecule has 3 aromatic carbocycles. The fourth-order valence-electron chi connectivity index (χ4n) is 3.80. The Bertz CT molecular complexity index is 1110. The summed E-state index contributed by atoms with van der Waals surface area (Å²) in [4.78, 5) is 15.8. The summed E-state index contributed by atoms with van der Waals surface area (Å²) in [5.41, 5.74) is 3.91. The van der Waals surface area contributed by atoms with Crippen molar-refractivity contribution in [1.82, 2.24) is 4.90 Å². The second-order valence-electron chi connectivity index (χ2n) is 7.37. The van der Waals surface area contributed by atoms with E-state index in [0.29, 0.717) is 17.7 Å². The van der Waals surface area contributed by atoms with E-state index in [1.54, 1.807) is 28.8 Å². The number of nitrogens with zero attached hydrogens (tertiary/aromatic N) is 1. The molecule has 0 fully saturated rings. The second-order valence-corrected chi connectivity index (χ2v) is 8.25. The van der Waals surface area contributed by atoms with Crippen molar-refractivity contribution in [3.8, 4) is 0 Å². The molecule has 152 valence electrons. The van der Waals surface area contributed by atoms with Crippen LogP contribution in [0.1, 0.15) is 28.3 Å². The van der Waals surface area contributed by atoms with E-state index in [1.807, 2.05) is 61.7 Å². The van der Waals surface area contributed by atoms with Crippen LogP contribution in [-0.2, 0) is 11.3 Å². The average molecular weight is 420 g/mol. The van der Waals surface area contributed by atoms with E-state index in [0.717, 1.165) is 21.6 Å². The average Bonchev–Trinajstić information content (AvgIpc) is 3.00. The molecular weight excluding hydrogens is 397 g/mol. The van der Waals surface area contributed by atoms with Gasteiger partial charge < -0.3 is 10.0 Å². The van der Waals surface area contributed by atoms with E-state index in [4.69, 9.17) is 0 Å². The standard InChI is InChI=1S/C25H22FNO2S/c1-16-6-10-18(11-7-16)22-23(19-4-3-5-20(26)14-19)27(25(29)24(22)28)15-17-8-12-21(30-2)13-9-17/h3-14,23,28H,15H2,1-2H3. The van der Waals surface area contributed by atoms with Crippen molar-refractivity contribution >= 4 is 23.2 Å². The van der Waals surface area contributed by atoms with Gasteiger partial charge >= 0.3 is 0 Å². The van der Waals surface area contributed by atoms with Gasteiger partial charge in [-0.25, -0.2) is 4.39 Å². The summed E-state index contributed by atoms with van der Waals surface area (Å²) in [7, 11) is 0. The number of aryl methyl sites for hydroxylation is 1. The van der Waals surface area contributed by atoms with Crippen molar-refractivity contribution in [2.24, 2.45) is 0 Å². The van der Waals surface area contributed by atoms with Gasteiger partial charge in [-0.1, -0.05) is 54.1 Å². The molecule has 0 radical (unpaired) electrons. The number of halogens is 1. The van der Waals surface area contributed by atoms with Crippen molar-refractivity contribution in [3.05, 3.63) is 107 Å². The highest BCUT2D eigenvalue weighted by Crippen LogP contribution is 2.43. The molecule has 1 heterocycles. The Kier molecular flexibility index (Phi) is 5.64. The number of amides is 1. The van der Waals surface area contributed by atoms with E-state index in [-0.39, 0.29) is 11.6 Å². The lowest BCUT2D eigenvalue weighted by Gasteiger charge is -2.27. The lowest BCUT2D eigenvalue weighted by molar-refractivity contribution is -0.130. The minimum Gasteiger partial charge on any atom is -0.503 e. The Morgan fingerprint density at radius 1 is 1.03 bits per heavy atom. The van der Waals surface area contributed by atoms with Crippen LogP contribution in [0.15, 0.2) is 83.5 Å². The highest BCUT2D eigenvalue weighted by Gasteiger charge is 2.41. The maximum absolute atomic E-state index is 14.1. The summed E-state index contributed by atoms with van der Waals surface area (Å²) >= 11 is 1.65. The zero-order chi connectivity index (χ0) is 21.3. The Balaban J connectivity index is 1.78. The van der Waals surface area contributed by atoms with Crippen molar-refractivity contribution in [1.29, 1.82) is 0 Å². The molecule has 1 amide bonds. The quantitative estimate of drug-likeness (QED) is 0.523. The Morgan fingerprint density at radius 3 is 2.37 bits per heavy atom. The Labute approximate surface area is 179 Å². The topological polar surface area (TPSA) is 40.5 Å². The molecule has 1 unspecified atom stereocenters. The molecule has 0 saturated carbocycles. The molecule has 0 aromatic heterocycles. The fraction of sp³-hybridized carbons (Fsp3) is 0.160. The highest BCUT2D eigenvalue weighted by atomic mass is 32.2. The van der Waals surface area contributed by atoms with Gasteiger partial charge in [-0.05, 0) is 54.1 Å². The van der Waals surface area contributed by atoms with Crippen molar-refractivity contribution in [3.63, 3.8) is 0 Å². The molecule has 1 aliphatic heterocycles. The predicted molar refractivity (Wildman–Crippen MR) is 119 cm³/mol. The molecule has 5 heteroatoms. The van der Waals surface area contributed by atoms with E-state index in [1.165, 1.54) is 12.1 Å². The molecule has 3 aromatic rings. The van der Waals surface area contributed by atoms with Crippen molar-refractivity contribution < 1.29 is 14.3 Å². The number of hydrogen-bond acceptors (Lipinski definition) is 3. The summed E-state index contributed by atoms with van der Waals surface area (Å²) in [5.74, 6) is -1.11. The van der Waals surface area contributed by atoms with Gasteiger partial charge in [-0.3, -0.25) is 4.79 Å². The first-order valence-corrected chi connectivity index (χ1v) is 10.9. The van der Waals surface area contributed by atoms with E-state index in [9.17, 15) is 14.3 Å². The lowest BCUT2D eigenvalue weighted by Crippen LogP contribution is -2.29. The third-order valence-electron chi connectivity index (χ3n) is 5.34. The first-order chi connectivity index (χ1) is 14.5. The predicted octanol–water partition coefficient (Wildman–Crippen LogP) is 5.91. The van der Waals surface area contributed by atoms with Gasteiger partial charge in [0.2, 0.25) is 0 Å². The zero-order valence-corrected chi connectivity index (χ0v) is 17.6. The van der Waals surface area contributed by atoms with E-state index in [2.05, 4.69) is 0 Å². The van der Waals surface area contributed by atoms with E-state index >= 15 is 0 Å². The number of rotatable bonds is 5. The van der Waals surface area contributed by atoms with Gasteiger partial charge in [0.15, 0.2) is 5.76 Å². The Hall–Kier alpha value is -3.05. The number of carbonyl (C=O) groups excluding carboxylic acids is 1. The van der Waals surface area contributed by atoms with E-state index < -0.39 is 11.9 Å². The SMILES string of the molecule is CSc1ccc(CN2C(=O)C(O)=C(c3ccc(C)cc3)C2c2cccc(F)c2)cc1. The van der Waals surface area contributed by atoms with Crippen molar-refractivity contribution in [2.45, 2.75) is 24.4 Å². The number of benzene rings is 3. The summed E-state index contributed by atoms with van der Waals surface area (Å²) in [6.07, 6.45) is 2.01. The third kappa shape index (κ3) is 3.85. The number of aliphatic hydroxyl groups excluding tert-OH is 1. The number of carbonyl (C=O) groups is 1. The van der Waals surface area contributed by atoms with Gasteiger partial charge in [0.25, 0.3) is 5.91 Å². The van der Waals surface area contributed by atoms with Gasteiger partial charge in [0.05, 0.1) is 6.04 Å². The van der Waals surface area contributed by atoms with Gasteiger partial charge in [0, 0.05) is 17.0 Å². The Morgan fingerprint density at radius 2 is 1.73 bits per heavy atom. The normalized spacial score (nSPS) is 16.4. The van der Waals surface area contributed by atoms with Gasteiger partial charge in [-0.15, -0.1) is 11.8 Å². The minimum atomic E-state index is -0.573. The first-order valence-electron chi connectivity index (χ1n) is 9.67. The van der Waals surface area contributed by atoms with Crippen LogP contribution in [0, 0.1) is 12.7 Å². The molecule has 1 atom stereocenters. The lowest BCUT2D eigenvalue weighted by atomic mass is 9.93. The van der Waals surface area contributed by atoms with Crippen LogP contribution in [0.2, 0.25) is 0 Å². The van der Waals surface area contributed by atoms with Crippen LogP contribution >= 0.6 is 11.8 Å². The molecule has 0 bridgehead atoms. The monoisotopic (exact) mass is 419 g/mol. The number of aliphatic hydroxyl groups is 1. The molecule has 0 saturated heterocycles. The molecule has 1 N–H and O–H groups in total. The largest absolute Gasteiger partial charge is 0.503 e. The second kappa shape index (κ2) is 8.36. The molecule has 3 nitrogen and oxygen atoms in total. The summed E-state index contributed by atoms with van der Waals surface area (Å²) in [6.45, 7) is 2.29. The molecular formula is C25H22FNO2S. The first kappa shape index (κ1) is 20.2. The summed E-state index contributed by atoms with van der Waals surface area (Å²) < 4.78 is 14.1. The zero-order valence-electron chi connectivity index (χ0n) is 16.8. The van der Waals surface area contributed by atoms with Crippen LogP contribution < -0.4 is 0 Å². The maximum atomic E-state index is 14.1.